The highest BCUT2D eigenvalue weighted by molar-refractivity contribution is 5.92. The maximum Gasteiger partial charge on any atom is 0.225 e. The van der Waals surface area contributed by atoms with E-state index in [1.165, 1.54) is 5.56 Å². The molecule has 2 N–H and O–H groups in total. The van der Waals surface area contributed by atoms with Gasteiger partial charge < -0.3 is 10.4 Å². The second-order valence-corrected chi connectivity index (χ2v) is 6.17. The Kier molecular flexibility index (Phi) is 4.93. The lowest BCUT2D eigenvalue weighted by Crippen LogP contribution is -2.26. The van der Waals surface area contributed by atoms with Gasteiger partial charge in [0, 0.05) is 18.2 Å². The van der Waals surface area contributed by atoms with Gasteiger partial charge in [0.15, 0.2) is 0 Å². The van der Waals surface area contributed by atoms with E-state index in [4.69, 9.17) is 0 Å². The number of aromatic nitrogens is 1. The normalized spacial score (nSPS) is 11.3. The summed E-state index contributed by atoms with van der Waals surface area (Å²) in [6.07, 6.45) is 3.51. The van der Waals surface area contributed by atoms with Gasteiger partial charge in [0.2, 0.25) is 5.91 Å². The van der Waals surface area contributed by atoms with Crippen LogP contribution >= 0.6 is 0 Å². The van der Waals surface area contributed by atoms with Crippen molar-refractivity contribution in [1.82, 2.24) is 4.98 Å². The molecule has 1 aromatic carbocycles. The van der Waals surface area contributed by atoms with Crippen LogP contribution in [0.3, 0.4) is 0 Å². The van der Waals surface area contributed by atoms with Crippen molar-refractivity contribution in [3.63, 3.8) is 0 Å². The number of nitrogens with zero attached hydrogens (tertiary/aromatic N) is 1. The number of aliphatic hydroxyl groups excluding tert-OH is 1. The topological polar surface area (TPSA) is 62.2 Å². The Morgan fingerprint density at radius 3 is 2.55 bits per heavy atom. The minimum Gasteiger partial charge on any atom is -0.392 e. The van der Waals surface area contributed by atoms with Crippen LogP contribution < -0.4 is 5.32 Å². The maximum atomic E-state index is 12.3. The number of hydrogen-bond acceptors (Lipinski definition) is 3. The number of anilines is 1. The molecule has 0 unspecified atom stereocenters. The summed E-state index contributed by atoms with van der Waals surface area (Å²) in [5, 5.41) is 12.1. The third-order valence-electron chi connectivity index (χ3n) is 3.79. The Balaban J connectivity index is 2.09. The van der Waals surface area contributed by atoms with Crippen LogP contribution in [0.2, 0.25) is 0 Å². The molecule has 2 aromatic rings. The van der Waals surface area contributed by atoms with Crippen LogP contribution in [-0.4, -0.2) is 16.0 Å². The molecule has 1 aromatic heterocycles. The fraction of sp³-hybridized carbons (Fsp3) is 0.333. The van der Waals surface area contributed by atoms with E-state index in [0.717, 1.165) is 5.56 Å². The second kappa shape index (κ2) is 6.71. The molecule has 2 rings (SSSR count). The molecule has 116 valence electrons. The number of amides is 1. The van der Waals surface area contributed by atoms with Crippen molar-refractivity contribution >= 4 is 11.6 Å². The van der Waals surface area contributed by atoms with Gasteiger partial charge in [0.25, 0.3) is 0 Å². The fourth-order valence-corrected chi connectivity index (χ4v) is 2.38. The van der Waals surface area contributed by atoms with Crippen LogP contribution in [0, 0.1) is 6.92 Å². The van der Waals surface area contributed by atoms with Gasteiger partial charge in [-0.25, -0.2) is 0 Å². The van der Waals surface area contributed by atoms with Crippen molar-refractivity contribution in [3.8, 4) is 0 Å². The average molecular weight is 298 g/mol. The molecule has 22 heavy (non-hydrogen) atoms. The van der Waals surface area contributed by atoms with Crippen LogP contribution in [0.15, 0.2) is 42.7 Å². The number of carbonyl (C=O) groups is 1. The molecule has 0 bridgehead atoms. The summed E-state index contributed by atoms with van der Waals surface area (Å²) in [6.45, 7) is 6.02. The first-order chi connectivity index (χ1) is 10.4. The molecule has 1 heterocycles. The molecule has 0 aliphatic rings. The molecular formula is C18H22N2O2. The van der Waals surface area contributed by atoms with Crippen LogP contribution in [0.1, 0.15) is 37.0 Å². The average Bonchev–Trinajstić information content (AvgIpc) is 2.47. The largest absolute Gasteiger partial charge is 0.392 e. The Bertz CT molecular complexity index is 648. The van der Waals surface area contributed by atoms with Gasteiger partial charge >= 0.3 is 0 Å². The van der Waals surface area contributed by atoms with E-state index in [1.54, 1.807) is 18.5 Å². The smallest absolute Gasteiger partial charge is 0.225 e. The molecule has 0 saturated carbocycles. The van der Waals surface area contributed by atoms with Crippen molar-refractivity contribution in [1.29, 1.82) is 0 Å². The summed E-state index contributed by atoms with van der Waals surface area (Å²) in [6, 6.07) is 9.93. The molecule has 4 nitrogen and oxygen atoms in total. The highest BCUT2D eigenvalue weighted by Crippen LogP contribution is 2.28. The van der Waals surface area contributed by atoms with Gasteiger partial charge in [-0.3, -0.25) is 9.78 Å². The first kappa shape index (κ1) is 16.2. The zero-order chi connectivity index (χ0) is 16.2. The molecule has 1 amide bonds. The van der Waals surface area contributed by atoms with E-state index >= 15 is 0 Å². The third kappa shape index (κ3) is 3.92. The van der Waals surface area contributed by atoms with Gasteiger partial charge in [-0.2, -0.15) is 0 Å². The Morgan fingerprint density at radius 2 is 1.91 bits per heavy atom. The van der Waals surface area contributed by atoms with E-state index < -0.39 is 0 Å². The van der Waals surface area contributed by atoms with E-state index in [9.17, 15) is 9.90 Å². The quantitative estimate of drug-likeness (QED) is 0.891. The molecule has 0 spiro atoms. The van der Waals surface area contributed by atoms with Crippen molar-refractivity contribution in [2.45, 2.75) is 39.2 Å². The minimum atomic E-state index is -0.265. The first-order valence-electron chi connectivity index (χ1n) is 7.33. The molecule has 4 heteroatoms. The Labute approximate surface area is 131 Å². The fourth-order valence-electron chi connectivity index (χ4n) is 2.38. The molecule has 0 aliphatic carbocycles. The molecular weight excluding hydrogens is 276 g/mol. The van der Waals surface area contributed by atoms with Crippen molar-refractivity contribution in [2.75, 3.05) is 5.32 Å². The second-order valence-electron chi connectivity index (χ2n) is 6.17. The molecule has 0 aliphatic heterocycles. The summed E-state index contributed by atoms with van der Waals surface area (Å²) >= 11 is 0. The lowest BCUT2D eigenvalue weighted by molar-refractivity contribution is -0.117. The van der Waals surface area contributed by atoms with Gasteiger partial charge in [-0.15, -0.1) is 0 Å². The summed E-state index contributed by atoms with van der Waals surface area (Å²) in [5.41, 5.74) is 3.29. The lowest BCUT2D eigenvalue weighted by Gasteiger charge is -2.25. The first-order valence-corrected chi connectivity index (χ1v) is 7.33. The summed E-state index contributed by atoms with van der Waals surface area (Å²) < 4.78 is 0. The number of rotatable bonds is 5. The van der Waals surface area contributed by atoms with Crippen molar-refractivity contribution in [2.24, 2.45) is 0 Å². The maximum absolute atomic E-state index is 12.3. The van der Waals surface area contributed by atoms with Crippen LogP contribution in [0.4, 0.5) is 5.69 Å². The van der Waals surface area contributed by atoms with E-state index in [-0.39, 0.29) is 17.9 Å². The summed E-state index contributed by atoms with van der Waals surface area (Å²) in [7, 11) is 0. The van der Waals surface area contributed by atoms with Crippen LogP contribution in [-0.2, 0) is 16.8 Å². The zero-order valence-corrected chi connectivity index (χ0v) is 13.3. The number of nitrogens with one attached hydrogen (secondary N) is 1. The minimum absolute atomic E-state index is 0.0896. The molecule has 0 saturated heterocycles. The van der Waals surface area contributed by atoms with Crippen molar-refractivity contribution < 1.29 is 9.90 Å². The Morgan fingerprint density at radius 1 is 1.23 bits per heavy atom. The van der Waals surface area contributed by atoms with E-state index in [2.05, 4.69) is 34.6 Å². The van der Waals surface area contributed by atoms with Gasteiger partial charge in [0.05, 0.1) is 18.5 Å². The standard InChI is InChI=1S/C18H22N2O2/c1-13-4-6-15(7-5-13)18(2,3)10-17(22)20-16-11-19-9-8-14(16)12-21/h4-9,11,21H,10,12H2,1-3H3,(H,20,22). The van der Waals surface area contributed by atoms with E-state index in [1.807, 2.05) is 20.8 Å². The van der Waals surface area contributed by atoms with Crippen molar-refractivity contribution in [3.05, 3.63) is 59.4 Å². The van der Waals surface area contributed by atoms with Gasteiger partial charge in [0.1, 0.15) is 0 Å². The summed E-state index contributed by atoms with van der Waals surface area (Å²) in [5.74, 6) is -0.0896. The SMILES string of the molecule is Cc1ccc(C(C)(C)CC(=O)Nc2cnccc2CO)cc1. The zero-order valence-electron chi connectivity index (χ0n) is 13.3. The monoisotopic (exact) mass is 298 g/mol. The molecule has 0 fully saturated rings. The van der Waals surface area contributed by atoms with Crippen LogP contribution in [0.25, 0.3) is 0 Å². The number of benzene rings is 1. The number of carbonyl (C=O) groups excluding carboxylic acids is 1. The van der Waals surface area contributed by atoms with Crippen LogP contribution in [0.5, 0.6) is 0 Å². The number of aliphatic hydroxyl groups is 1. The third-order valence-corrected chi connectivity index (χ3v) is 3.79. The lowest BCUT2D eigenvalue weighted by atomic mass is 9.81. The highest BCUT2D eigenvalue weighted by Gasteiger charge is 2.24. The predicted molar refractivity (Wildman–Crippen MR) is 87.6 cm³/mol. The number of hydrogen-bond donors (Lipinski definition) is 2. The van der Waals surface area contributed by atoms with Gasteiger partial charge in [-0.05, 0) is 24.0 Å². The summed E-state index contributed by atoms with van der Waals surface area (Å²) in [4.78, 5) is 16.3. The Hall–Kier alpha value is -2.20. The molecule has 0 radical (unpaired) electrons. The highest BCUT2D eigenvalue weighted by atomic mass is 16.3. The van der Waals surface area contributed by atoms with E-state index in [0.29, 0.717) is 17.7 Å². The predicted octanol–water partition coefficient (Wildman–Crippen LogP) is 3.19. The molecule has 0 atom stereocenters. The van der Waals surface area contributed by atoms with Gasteiger partial charge in [-0.1, -0.05) is 43.7 Å². The number of pyridine rings is 1. The number of aryl methyl sites for hydroxylation is 1.